The van der Waals surface area contributed by atoms with Crippen molar-refractivity contribution in [3.63, 3.8) is 0 Å². The van der Waals surface area contributed by atoms with Crippen LogP contribution in [0.4, 0.5) is 17.3 Å². The van der Waals surface area contributed by atoms with Gasteiger partial charge in [-0.3, -0.25) is 4.79 Å². The lowest BCUT2D eigenvalue weighted by Gasteiger charge is -2.37. The van der Waals surface area contributed by atoms with Crippen LogP contribution in [0, 0.1) is 13.8 Å². The number of nitrogens with zero attached hydrogens (tertiary/aromatic N) is 4. The van der Waals surface area contributed by atoms with Crippen molar-refractivity contribution in [2.45, 2.75) is 40.2 Å². The molecule has 44 heavy (non-hydrogen) atoms. The van der Waals surface area contributed by atoms with Crippen molar-refractivity contribution < 1.29 is 14.3 Å². The van der Waals surface area contributed by atoms with E-state index >= 15 is 0 Å². The third-order valence-corrected chi connectivity index (χ3v) is 8.04. The van der Waals surface area contributed by atoms with Gasteiger partial charge in [0.2, 0.25) is 11.8 Å². The number of aryl methyl sites for hydroxylation is 2. The molecule has 1 aliphatic rings. The van der Waals surface area contributed by atoms with E-state index in [1.54, 1.807) is 6.07 Å². The molecule has 2 N–H and O–H groups in total. The normalized spacial score (nSPS) is 15.5. The summed E-state index contributed by atoms with van der Waals surface area (Å²) in [5.74, 6) is 1.09. The van der Waals surface area contributed by atoms with Crippen molar-refractivity contribution in [1.82, 2.24) is 19.8 Å². The van der Waals surface area contributed by atoms with E-state index in [0.29, 0.717) is 30.1 Å². The Morgan fingerprint density at radius 3 is 2.41 bits per heavy atom. The number of hydrogen-bond donors (Lipinski definition) is 2. The Morgan fingerprint density at radius 2 is 1.70 bits per heavy atom. The number of nitrogens with one attached hydrogen (secondary N) is 2. The molecule has 4 aromatic rings. The first kappa shape index (κ1) is 31.0. The fourth-order valence-electron chi connectivity index (χ4n) is 5.26. The average Bonchev–Trinajstić information content (AvgIpc) is 3.01. The molecule has 3 aromatic carbocycles. The molecule has 1 atom stereocenters. The SMILES string of the molecule is CCOc1ccccc1Oc1nc(Nc2ccc(CCN3CCN(C)C(C)C3)cc2)ncc1C(=O)Nc1c(C)cccc1C. The monoisotopic (exact) mass is 594 g/mol. The summed E-state index contributed by atoms with van der Waals surface area (Å²) >= 11 is 0. The van der Waals surface area contributed by atoms with E-state index in [9.17, 15) is 4.79 Å². The number of benzene rings is 3. The lowest BCUT2D eigenvalue weighted by Crippen LogP contribution is -2.50. The minimum absolute atomic E-state index is 0.122. The largest absolute Gasteiger partial charge is 0.490 e. The highest BCUT2D eigenvalue weighted by Crippen LogP contribution is 2.33. The Labute approximate surface area is 260 Å². The van der Waals surface area contributed by atoms with Crippen LogP contribution in [0.1, 0.15) is 40.9 Å². The summed E-state index contributed by atoms with van der Waals surface area (Å²) in [6, 6.07) is 22.1. The molecule has 1 aliphatic heterocycles. The number of hydrogen-bond acceptors (Lipinski definition) is 8. The summed E-state index contributed by atoms with van der Waals surface area (Å²) in [6.07, 6.45) is 2.48. The standard InChI is InChI=1S/C35H42N6O3/c1-6-43-30-12-7-8-13-31(30)44-34-29(33(42)38-32-24(2)10-9-11-25(32)3)22-36-35(39-34)37-28-16-14-27(15-17-28)18-19-41-21-20-40(5)26(4)23-41/h7-17,22,26H,6,18-21,23H2,1-5H3,(H,38,42)(H,36,37,39). The Morgan fingerprint density at radius 1 is 0.977 bits per heavy atom. The Balaban J connectivity index is 1.34. The maximum absolute atomic E-state index is 13.5. The van der Waals surface area contributed by atoms with Gasteiger partial charge < -0.3 is 29.9 Å². The van der Waals surface area contributed by atoms with E-state index in [1.165, 1.54) is 11.8 Å². The fraction of sp³-hybridized carbons (Fsp3) is 0.343. The number of rotatable bonds is 11. The Bertz CT molecular complexity index is 1560. The molecule has 0 saturated carbocycles. The third kappa shape index (κ3) is 7.72. The van der Waals surface area contributed by atoms with Gasteiger partial charge in [0.25, 0.3) is 5.91 Å². The highest BCUT2D eigenvalue weighted by molar-refractivity contribution is 6.06. The van der Waals surface area contributed by atoms with Crippen LogP contribution in [0.25, 0.3) is 0 Å². The van der Waals surface area contributed by atoms with E-state index in [2.05, 4.69) is 56.5 Å². The third-order valence-electron chi connectivity index (χ3n) is 8.04. The molecule has 2 heterocycles. The maximum atomic E-state index is 13.5. The lowest BCUT2D eigenvalue weighted by molar-refractivity contribution is 0.102. The van der Waals surface area contributed by atoms with Crippen LogP contribution in [0.15, 0.2) is 72.9 Å². The first-order valence-electron chi connectivity index (χ1n) is 15.2. The lowest BCUT2D eigenvalue weighted by atomic mass is 10.1. The summed E-state index contributed by atoms with van der Waals surface area (Å²) < 4.78 is 12.0. The van der Waals surface area contributed by atoms with Crippen molar-refractivity contribution in [2.24, 2.45) is 0 Å². The van der Waals surface area contributed by atoms with Gasteiger partial charge >= 0.3 is 0 Å². The first-order chi connectivity index (χ1) is 21.3. The summed E-state index contributed by atoms with van der Waals surface area (Å²) in [6.45, 7) is 12.9. The molecule has 0 aliphatic carbocycles. The van der Waals surface area contributed by atoms with Gasteiger partial charge in [0.15, 0.2) is 11.5 Å². The highest BCUT2D eigenvalue weighted by Gasteiger charge is 2.21. The van der Waals surface area contributed by atoms with Gasteiger partial charge in [-0.05, 0) is 82.1 Å². The van der Waals surface area contributed by atoms with Crippen LogP contribution < -0.4 is 20.1 Å². The van der Waals surface area contributed by atoms with Gasteiger partial charge in [-0.2, -0.15) is 4.98 Å². The minimum Gasteiger partial charge on any atom is -0.490 e. The molecule has 1 amide bonds. The molecule has 1 aromatic heterocycles. The van der Waals surface area contributed by atoms with Crippen molar-refractivity contribution in [3.8, 4) is 17.4 Å². The van der Waals surface area contributed by atoms with Crippen molar-refractivity contribution >= 4 is 23.2 Å². The zero-order chi connectivity index (χ0) is 31.1. The van der Waals surface area contributed by atoms with E-state index in [4.69, 9.17) is 9.47 Å². The molecular formula is C35H42N6O3. The molecule has 5 rings (SSSR count). The second-order valence-corrected chi connectivity index (χ2v) is 11.3. The molecule has 0 spiro atoms. The molecule has 1 saturated heterocycles. The number of carbonyl (C=O) groups is 1. The molecular weight excluding hydrogens is 552 g/mol. The molecule has 0 bridgehead atoms. The highest BCUT2D eigenvalue weighted by atomic mass is 16.5. The van der Waals surface area contributed by atoms with E-state index in [-0.39, 0.29) is 17.4 Å². The Hall–Kier alpha value is -4.47. The Kier molecular flexibility index (Phi) is 10.1. The predicted octanol–water partition coefficient (Wildman–Crippen LogP) is 6.46. The fourth-order valence-corrected chi connectivity index (χ4v) is 5.26. The van der Waals surface area contributed by atoms with Gasteiger partial charge in [0.1, 0.15) is 5.56 Å². The maximum Gasteiger partial charge on any atom is 0.262 e. The van der Waals surface area contributed by atoms with Crippen molar-refractivity contribution in [1.29, 1.82) is 0 Å². The molecule has 0 radical (unpaired) electrons. The van der Waals surface area contributed by atoms with Crippen molar-refractivity contribution in [3.05, 3.63) is 95.2 Å². The van der Waals surface area contributed by atoms with Gasteiger partial charge in [0.05, 0.1) is 6.61 Å². The second kappa shape index (κ2) is 14.3. The quantitative estimate of drug-likeness (QED) is 0.205. The summed E-state index contributed by atoms with van der Waals surface area (Å²) in [5.41, 5.74) is 5.00. The van der Waals surface area contributed by atoms with Crippen molar-refractivity contribution in [2.75, 3.05) is 50.5 Å². The van der Waals surface area contributed by atoms with E-state index < -0.39 is 0 Å². The molecule has 1 fully saturated rings. The molecule has 230 valence electrons. The number of para-hydroxylation sites is 3. The smallest absolute Gasteiger partial charge is 0.262 e. The minimum atomic E-state index is -0.364. The van der Waals surface area contributed by atoms with E-state index in [1.807, 2.05) is 69.3 Å². The number of aromatic nitrogens is 2. The zero-order valence-corrected chi connectivity index (χ0v) is 26.3. The number of ether oxygens (including phenoxy) is 2. The second-order valence-electron chi connectivity index (χ2n) is 11.3. The summed E-state index contributed by atoms with van der Waals surface area (Å²) in [5, 5.41) is 6.29. The molecule has 1 unspecified atom stereocenters. The van der Waals surface area contributed by atoms with Crippen LogP contribution in [0.5, 0.6) is 17.4 Å². The predicted molar refractivity (Wildman–Crippen MR) is 176 cm³/mol. The number of carbonyl (C=O) groups excluding carboxylic acids is 1. The number of piperazine rings is 1. The number of amides is 1. The van der Waals surface area contributed by atoms with Gasteiger partial charge in [-0.15, -0.1) is 0 Å². The average molecular weight is 595 g/mol. The van der Waals surface area contributed by atoms with Crippen LogP contribution in [-0.2, 0) is 6.42 Å². The molecule has 9 heteroatoms. The summed E-state index contributed by atoms with van der Waals surface area (Å²) in [4.78, 5) is 27.6. The first-order valence-corrected chi connectivity index (χ1v) is 15.2. The van der Waals surface area contributed by atoms with Gasteiger partial charge in [-0.25, -0.2) is 4.98 Å². The number of likely N-dealkylation sites (N-methyl/N-ethyl adjacent to an activating group) is 1. The van der Waals surface area contributed by atoms with Crippen LogP contribution in [0.3, 0.4) is 0 Å². The van der Waals surface area contributed by atoms with E-state index in [0.717, 1.165) is 55.1 Å². The zero-order valence-electron chi connectivity index (χ0n) is 26.3. The van der Waals surface area contributed by atoms with Crippen LogP contribution in [0.2, 0.25) is 0 Å². The molecule has 9 nitrogen and oxygen atoms in total. The van der Waals surface area contributed by atoms with Crippen LogP contribution >= 0.6 is 0 Å². The number of anilines is 3. The van der Waals surface area contributed by atoms with Gasteiger partial charge in [0, 0.05) is 49.8 Å². The van der Waals surface area contributed by atoms with Crippen LogP contribution in [-0.4, -0.2) is 71.6 Å². The summed E-state index contributed by atoms with van der Waals surface area (Å²) in [7, 11) is 2.20. The topological polar surface area (TPSA) is 91.9 Å². The van der Waals surface area contributed by atoms with Gasteiger partial charge in [-0.1, -0.05) is 42.5 Å².